The molecule has 108 valence electrons. The number of allylic oxidation sites excluding steroid dienone is 1. The van der Waals surface area contributed by atoms with Crippen LogP contribution in [0.15, 0.2) is 24.4 Å². The molecule has 1 aromatic rings. The van der Waals surface area contributed by atoms with E-state index < -0.39 is 0 Å². The van der Waals surface area contributed by atoms with Crippen molar-refractivity contribution < 1.29 is 0 Å². The third kappa shape index (κ3) is 9.29. The molecule has 0 aliphatic heterocycles. The molecule has 0 atom stereocenters. The summed E-state index contributed by atoms with van der Waals surface area (Å²) in [6, 6.07) is 6.40. The maximum Gasteiger partial charge on any atom is -0.00264 e. The summed E-state index contributed by atoms with van der Waals surface area (Å²) in [5.41, 5.74) is 10.4. The third-order valence-electron chi connectivity index (χ3n) is 2.07. The Morgan fingerprint density at radius 1 is 1.11 bits per heavy atom. The zero-order valence-electron chi connectivity index (χ0n) is 11.3. The second-order valence-corrected chi connectivity index (χ2v) is 3.17. The van der Waals surface area contributed by atoms with Crippen LogP contribution in [0, 0.1) is 13.8 Å². The van der Waals surface area contributed by atoms with Crippen molar-refractivity contribution >= 4 is 21.5 Å². The van der Waals surface area contributed by atoms with Crippen LogP contribution in [-0.4, -0.2) is 5.83 Å². The predicted molar refractivity (Wildman–Crippen MR) is 93.4 cm³/mol. The molecule has 0 radical (unpaired) electrons. The van der Waals surface area contributed by atoms with Gasteiger partial charge in [-0.1, -0.05) is 68.4 Å². The van der Waals surface area contributed by atoms with Crippen LogP contribution in [0.25, 0.3) is 5.57 Å². The van der Waals surface area contributed by atoms with E-state index in [1.165, 1.54) is 16.7 Å². The lowest BCUT2D eigenvalue weighted by Crippen LogP contribution is -1.90. The van der Waals surface area contributed by atoms with Crippen LogP contribution >= 0.6 is 15.9 Å². The molecule has 0 unspecified atom stereocenters. The Morgan fingerprint density at radius 2 is 1.56 bits per heavy atom. The van der Waals surface area contributed by atoms with E-state index in [4.69, 9.17) is 5.73 Å². The van der Waals surface area contributed by atoms with Gasteiger partial charge in [-0.15, -0.1) is 0 Å². The molecule has 0 aliphatic rings. The number of benzene rings is 1. The molecule has 0 saturated heterocycles. The van der Waals surface area contributed by atoms with E-state index in [0.29, 0.717) is 0 Å². The van der Waals surface area contributed by atoms with Crippen LogP contribution in [0.2, 0.25) is 0 Å². The molecule has 0 fully saturated rings. The van der Waals surface area contributed by atoms with Crippen LogP contribution in [0.1, 0.15) is 52.3 Å². The van der Waals surface area contributed by atoms with Crippen LogP contribution < -0.4 is 5.73 Å². The van der Waals surface area contributed by atoms with Gasteiger partial charge in [0.15, 0.2) is 0 Å². The molecule has 0 amide bonds. The molecule has 1 aromatic carbocycles. The first-order valence-electron chi connectivity index (χ1n) is 5.49. The van der Waals surface area contributed by atoms with E-state index >= 15 is 0 Å². The summed E-state index contributed by atoms with van der Waals surface area (Å²) >= 11 is 2.94. The third-order valence-corrected chi connectivity index (χ3v) is 2.07. The van der Waals surface area contributed by atoms with Gasteiger partial charge in [-0.3, -0.25) is 0 Å². The lowest BCUT2D eigenvalue weighted by molar-refractivity contribution is 1.35. The highest BCUT2D eigenvalue weighted by molar-refractivity contribution is 9.08. The maximum absolute atomic E-state index is 5.46. The molecule has 2 heteroatoms. The molecule has 1 nitrogen and oxygen atoms in total. The second kappa shape index (κ2) is 16.2. The first-order chi connectivity index (χ1) is 7.65. The van der Waals surface area contributed by atoms with Crippen molar-refractivity contribution in [3.63, 3.8) is 0 Å². The van der Waals surface area contributed by atoms with Gasteiger partial charge in [0.1, 0.15) is 0 Å². The molecule has 0 heterocycles. The van der Waals surface area contributed by atoms with Crippen LogP contribution in [0.3, 0.4) is 0 Å². The maximum atomic E-state index is 5.46. The summed E-state index contributed by atoms with van der Waals surface area (Å²) in [6.45, 7) is 10.2. The Morgan fingerprint density at radius 3 is 1.94 bits per heavy atom. The monoisotopic (exact) mass is 317 g/mol. The van der Waals surface area contributed by atoms with Gasteiger partial charge in [0, 0.05) is 0 Å². The van der Waals surface area contributed by atoms with Gasteiger partial charge in [-0.05, 0) is 49.5 Å². The van der Waals surface area contributed by atoms with Crippen molar-refractivity contribution in [2.75, 3.05) is 5.83 Å². The molecular weight excluding hydrogens is 286 g/mol. The van der Waals surface area contributed by atoms with Crippen LogP contribution in [-0.2, 0) is 0 Å². The largest absolute Gasteiger partial charge is 0.404 e. The van der Waals surface area contributed by atoms with Gasteiger partial charge < -0.3 is 5.73 Å². The van der Waals surface area contributed by atoms with E-state index in [1.807, 2.05) is 26.6 Å². The zero-order valence-corrected chi connectivity index (χ0v) is 12.9. The highest BCUT2D eigenvalue weighted by atomic mass is 79.9. The quantitative estimate of drug-likeness (QED) is 0.638. The van der Waals surface area contributed by atoms with Crippen molar-refractivity contribution in [2.45, 2.75) is 49.5 Å². The Balaban J connectivity index is -0.000000149. The van der Waals surface area contributed by atoms with Crippen molar-refractivity contribution in [3.05, 3.63) is 41.1 Å². The summed E-state index contributed by atoms with van der Waals surface area (Å²) in [5, 5.41) is 0. The first kappa shape index (κ1) is 25.9. The Kier molecular flexibility index (Phi) is 23.4. The Bertz CT molecular complexity index is 317. The molecule has 18 heavy (non-hydrogen) atoms. The standard InChI is InChI=1S/C11H15N.C2H6.CH3Br.2CH4/c1-8-4-5-9(2)11(6-8)10(3)7-12;2*1-2;;/h4-7H,12H2,1-3H3;1-2H3;1H3;2*1H4/b10-7+;;;;. The van der Waals surface area contributed by atoms with E-state index in [9.17, 15) is 0 Å². The van der Waals surface area contributed by atoms with E-state index in [1.54, 1.807) is 6.20 Å². The summed E-state index contributed by atoms with van der Waals surface area (Å²) in [6.07, 6.45) is 1.65. The summed E-state index contributed by atoms with van der Waals surface area (Å²) < 4.78 is 0. The molecule has 1 rings (SSSR count). The van der Waals surface area contributed by atoms with Gasteiger partial charge in [0.25, 0.3) is 0 Å². The van der Waals surface area contributed by atoms with Gasteiger partial charge in [-0.2, -0.15) is 0 Å². The summed E-state index contributed by atoms with van der Waals surface area (Å²) in [4.78, 5) is 0. The number of halogens is 1. The number of rotatable bonds is 1. The fourth-order valence-corrected chi connectivity index (χ4v) is 1.25. The lowest BCUT2D eigenvalue weighted by Gasteiger charge is -2.06. The number of alkyl halides is 1. The van der Waals surface area contributed by atoms with Crippen molar-refractivity contribution in [3.8, 4) is 0 Å². The van der Waals surface area contributed by atoms with Crippen LogP contribution in [0.5, 0.6) is 0 Å². The van der Waals surface area contributed by atoms with Crippen molar-refractivity contribution in [1.29, 1.82) is 0 Å². The number of hydrogen-bond acceptors (Lipinski definition) is 1. The number of nitrogens with two attached hydrogens (primary N) is 1. The van der Waals surface area contributed by atoms with E-state index in [-0.39, 0.29) is 14.9 Å². The minimum absolute atomic E-state index is 0. The fraction of sp³-hybridized carbons (Fsp3) is 0.500. The van der Waals surface area contributed by atoms with Gasteiger partial charge in [0.05, 0.1) is 0 Å². The molecule has 0 spiro atoms. The van der Waals surface area contributed by atoms with Gasteiger partial charge in [0.2, 0.25) is 0 Å². The fourth-order valence-electron chi connectivity index (χ4n) is 1.25. The van der Waals surface area contributed by atoms with E-state index in [2.05, 4.69) is 48.0 Å². The number of aryl methyl sites for hydroxylation is 2. The van der Waals surface area contributed by atoms with Crippen molar-refractivity contribution in [1.82, 2.24) is 0 Å². The topological polar surface area (TPSA) is 26.0 Å². The summed E-state index contributed by atoms with van der Waals surface area (Å²) in [5.74, 6) is 1.81. The average Bonchev–Trinajstić information content (AvgIpc) is 2.36. The zero-order chi connectivity index (χ0) is 13.1. The SMILES string of the molecule is C.C.C/C(=C\N)c1cc(C)ccc1C.CBr.CC. The minimum Gasteiger partial charge on any atom is -0.404 e. The lowest BCUT2D eigenvalue weighted by atomic mass is 10.0. The average molecular weight is 318 g/mol. The van der Waals surface area contributed by atoms with Crippen LogP contribution in [0.4, 0.5) is 0 Å². The van der Waals surface area contributed by atoms with Crippen molar-refractivity contribution in [2.24, 2.45) is 5.73 Å². The molecule has 2 N–H and O–H groups in total. The highest BCUT2D eigenvalue weighted by Crippen LogP contribution is 2.18. The van der Waals surface area contributed by atoms with Gasteiger partial charge in [-0.25, -0.2) is 0 Å². The molecule has 0 bridgehead atoms. The molecular formula is C16H32BrN. The molecule has 0 aliphatic carbocycles. The molecule has 0 aromatic heterocycles. The predicted octanol–water partition coefficient (Wildman–Crippen LogP) is 5.93. The smallest absolute Gasteiger partial charge is 0.00264 e. The number of hydrogen-bond donors (Lipinski definition) is 1. The second-order valence-electron chi connectivity index (χ2n) is 3.17. The minimum atomic E-state index is 0. The van der Waals surface area contributed by atoms with Gasteiger partial charge >= 0.3 is 0 Å². The van der Waals surface area contributed by atoms with E-state index in [0.717, 1.165) is 5.57 Å². The highest BCUT2D eigenvalue weighted by Gasteiger charge is 1.99. The molecule has 0 saturated carbocycles. The normalized spacial score (nSPS) is 8.50. The first-order valence-corrected chi connectivity index (χ1v) is 7.07. The summed E-state index contributed by atoms with van der Waals surface area (Å²) in [7, 11) is 0. The Labute approximate surface area is 124 Å². The Hall–Kier alpha value is -0.760.